The summed E-state index contributed by atoms with van der Waals surface area (Å²) in [6.45, 7) is 5.89. The highest BCUT2D eigenvalue weighted by atomic mass is 35.5. The van der Waals surface area contributed by atoms with E-state index in [2.05, 4.69) is 35.4 Å². The summed E-state index contributed by atoms with van der Waals surface area (Å²) in [5, 5.41) is 27.2. The zero-order valence-electron chi connectivity index (χ0n) is 18.2. The smallest absolute Gasteiger partial charge is 0.266 e. The lowest BCUT2D eigenvalue weighted by atomic mass is 10.3. The molecule has 34 heavy (non-hydrogen) atoms. The topological polar surface area (TPSA) is 110 Å². The molecule has 0 bridgehead atoms. The maximum Gasteiger partial charge on any atom is 0.266 e. The Labute approximate surface area is 208 Å². The number of aryl methyl sites for hydroxylation is 1. The largest absolute Gasteiger partial charge is 0.395 e. The lowest BCUT2D eigenvalue weighted by Gasteiger charge is -2.35. The molecule has 9 nitrogen and oxygen atoms in total. The van der Waals surface area contributed by atoms with Crippen molar-refractivity contribution in [3.63, 3.8) is 0 Å². The zero-order chi connectivity index (χ0) is 24.2. The van der Waals surface area contributed by atoms with E-state index in [1.165, 1.54) is 11.6 Å². The maximum absolute atomic E-state index is 13.2. The second-order valence-electron chi connectivity index (χ2n) is 7.59. The summed E-state index contributed by atoms with van der Waals surface area (Å²) in [5.74, 6) is 1.95. The number of aromatic nitrogens is 3. The molecule has 1 fully saturated rings. The van der Waals surface area contributed by atoms with Gasteiger partial charge in [-0.3, -0.25) is 4.90 Å². The molecule has 0 radical (unpaired) electrons. The van der Waals surface area contributed by atoms with Crippen LogP contribution in [0.15, 0.2) is 17.6 Å². The highest BCUT2D eigenvalue weighted by Gasteiger charge is 2.22. The Morgan fingerprint density at radius 1 is 1.24 bits per heavy atom. The fourth-order valence-electron chi connectivity index (χ4n) is 3.56. The van der Waals surface area contributed by atoms with E-state index in [9.17, 15) is 13.9 Å². The van der Waals surface area contributed by atoms with E-state index < -0.39 is 12.7 Å². The van der Waals surface area contributed by atoms with Crippen LogP contribution in [0.5, 0.6) is 0 Å². The van der Waals surface area contributed by atoms with Crippen LogP contribution in [0.1, 0.15) is 28.9 Å². The van der Waals surface area contributed by atoms with E-state index in [0.717, 1.165) is 54.7 Å². The lowest BCUT2D eigenvalue weighted by Crippen LogP contribution is -2.47. The average molecular weight is 532 g/mol. The van der Waals surface area contributed by atoms with Crippen LogP contribution in [-0.2, 0) is 0 Å². The number of thiophene rings is 1. The number of β-amino-alcohol motifs (C(OH)–C–C–N with tert-alkyl or cyclic N) is 1. The quantitative estimate of drug-likeness (QED) is 0.306. The number of alkyl halides is 2. The number of hydrogen-bond donors (Lipinski definition) is 4. The normalized spacial score (nSPS) is 15.7. The molecular formula is C20H24ClF2N7O2S2. The van der Waals surface area contributed by atoms with Gasteiger partial charge < -0.3 is 25.7 Å². The number of anilines is 4. The van der Waals surface area contributed by atoms with E-state index in [1.54, 1.807) is 0 Å². The van der Waals surface area contributed by atoms with Crippen molar-refractivity contribution in [3.8, 4) is 0 Å². The van der Waals surface area contributed by atoms with Gasteiger partial charge in [-0.2, -0.15) is 0 Å². The van der Waals surface area contributed by atoms with Crippen molar-refractivity contribution in [2.24, 2.45) is 0 Å². The molecule has 1 unspecified atom stereocenters. The molecule has 1 aliphatic rings. The van der Waals surface area contributed by atoms with Crippen molar-refractivity contribution in [2.75, 3.05) is 54.9 Å². The first-order valence-electron chi connectivity index (χ1n) is 10.5. The first-order valence-corrected chi connectivity index (χ1v) is 12.6. The standard InChI is InChI=1S/C20H24ClF2N7O2S2/c1-11-25-14(8-15(26-11)30-4-2-29(3-5-30)6-7-31)27-20-24-9-13(34-20)19(32)28-16-12(18(22)23)10-33-17(16)21/h8-10,18-19,28,31-32H,2-7H2,1H3,(H,24,25,26,27). The summed E-state index contributed by atoms with van der Waals surface area (Å²) >= 11 is 8.15. The van der Waals surface area contributed by atoms with Crippen molar-refractivity contribution in [3.05, 3.63) is 38.2 Å². The minimum atomic E-state index is -2.70. The van der Waals surface area contributed by atoms with Crippen LogP contribution in [0.4, 0.5) is 31.2 Å². The van der Waals surface area contributed by atoms with Crippen LogP contribution in [-0.4, -0.2) is 69.4 Å². The molecule has 0 aromatic carbocycles. The Morgan fingerprint density at radius 3 is 2.71 bits per heavy atom. The number of piperazine rings is 1. The second kappa shape index (κ2) is 11.1. The predicted octanol–water partition coefficient (Wildman–Crippen LogP) is 3.85. The summed E-state index contributed by atoms with van der Waals surface area (Å²) in [5.41, 5.74) is -0.231. The highest BCUT2D eigenvalue weighted by Crippen LogP contribution is 2.40. The summed E-state index contributed by atoms with van der Waals surface area (Å²) in [6, 6.07) is 1.84. The lowest BCUT2D eigenvalue weighted by molar-refractivity contribution is 0.152. The van der Waals surface area contributed by atoms with Gasteiger partial charge in [0.05, 0.1) is 22.7 Å². The van der Waals surface area contributed by atoms with Gasteiger partial charge in [-0.1, -0.05) is 22.9 Å². The molecule has 1 atom stereocenters. The zero-order valence-corrected chi connectivity index (χ0v) is 20.6. The van der Waals surface area contributed by atoms with Gasteiger partial charge in [-0.25, -0.2) is 23.7 Å². The molecule has 184 valence electrons. The minimum Gasteiger partial charge on any atom is -0.395 e. The highest BCUT2D eigenvalue weighted by molar-refractivity contribution is 7.16. The first kappa shape index (κ1) is 24.9. The molecule has 0 spiro atoms. The monoisotopic (exact) mass is 531 g/mol. The van der Waals surface area contributed by atoms with E-state index >= 15 is 0 Å². The van der Waals surface area contributed by atoms with Gasteiger partial charge >= 0.3 is 0 Å². The van der Waals surface area contributed by atoms with Crippen molar-refractivity contribution in [1.29, 1.82) is 0 Å². The van der Waals surface area contributed by atoms with Gasteiger partial charge in [0.2, 0.25) is 0 Å². The van der Waals surface area contributed by atoms with Crippen molar-refractivity contribution in [2.45, 2.75) is 19.6 Å². The number of nitrogens with zero attached hydrogens (tertiary/aromatic N) is 5. The average Bonchev–Trinajstić information content (AvgIpc) is 3.41. The summed E-state index contributed by atoms with van der Waals surface area (Å²) in [4.78, 5) is 18.0. The SMILES string of the molecule is Cc1nc(Nc2ncc(C(O)Nc3c(C(F)F)csc3Cl)s2)cc(N2CCN(CCO)CC2)n1. The Balaban J connectivity index is 1.43. The van der Waals surface area contributed by atoms with Gasteiger partial charge in [0.25, 0.3) is 6.43 Å². The third-order valence-electron chi connectivity index (χ3n) is 5.26. The molecule has 14 heteroatoms. The van der Waals surface area contributed by atoms with E-state index in [-0.39, 0.29) is 22.2 Å². The van der Waals surface area contributed by atoms with E-state index in [4.69, 9.17) is 16.7 Å². The molecule has 1 saturated heterocycles. The molecule has 3 aromatic rings. The van der Waals surface area contributed by atoms with Crippen molar-refractivity contribution < 1.29 is 19.0 Å². The van der Waals surface area contributed by atoms with Crippen LogP contribution in [0.25, 0.3) is 0 Å². The number of thiazole rings is 1. The molecule has 4 heterocycles. The second-order valence-corrected chi connectivity index (χ2v) is 10.1. The summed E-state index contributed by atoms with van der Waals surface area (Å²) in [7, 11) is 0. The summed E-state index contributed by atoms with van der Waals surface area (Å²) in [6.07, 6.45) is -2.50. The molecule has 1 aliphatic heterocycles. The van der Waals surface area contributed by atoms with Crippen LogP contribution in [0.3, 0.4) is 0 Å². The molecule has 0 aliphatic carbocycles. The molecular weight excluding hydrogens is 508 g/mol. The molecule has 4 N–H and O–H groups in total. The van der Waals surface area contributed by atoms with Crippen LogP contribution in [0, 0.1) is 6.92 Å². The van der Waals surface area contributed by atoms with Gasteiger partial charge in [-0.05, 0) is 6.92 Å². The van der Waals surface area contributed by atoms with Gasteiger partial charge in [-0.15, -0.1) is 11.3 Å². The molecule has 3 aromatic heterocycles. The third kappa shape index (κ3) is 5.90. The number of aliphatic hydroxyl groups is 2. The third-order valence-corrected chi connectivity index (χ3v) is 7.46. The predicted molar refractivity (Wildman–Crippen MR) is 131 cm³/mol. The fraction of sp³-hybridized carbons (Fsp3) is 0.450. The van der Waals surface area contributed by atoms with Gasteiger partial charge in [0, 0.05) is 50.4 Å². The number of hydrogen-bond acceptors (Lipinski definition) is 11. The van der Waals surface area contributed by atoms with E-state index in [0.29, 0.717) is 28.2 Å². The number of nitrogens with one attached hydrogen (secondary N) is 2. The van der Waals surface area contributed by atoms with Crippen molar-refractivity contribution >= 4 is 56.7 Å². The van der Waals surface area contributed by atoms with Gasteiger partial charge in [0.1, 0.15) is 21.8 Å². The first-order chi connectivity index (χ1) is 16.3. The Morgan fingerprint density at radius 2 is 2.00 bits per heavy atom. The van der Waals surface area contributed by atoms with Crippen LogP contribution in [0.2, 0.25) is 4.34 Å². The minimum absolute atomic E-state index is 0.0206. The Kier molecular flexibility index (Phi) is 8.11. The van der Waals surface area contributed by atoms with Crippen LogP contribution >= 0.6 is 34.3 Å². The maximum atomic E-state index is 13.2. The molecule has 0 saturated carbocycles. The summed E-state index contributed by atoms with van der Waals surface area (Å²) < 4.78 is 26.5. The van der Waals surface area contributed by atoms with Gasteiger partial charge in [0.15, 0.2) is 11.4 Å². The fourth-order valence-corrected chi connectivity index (χ4v) is 5.36. The Hall–Kier alpha value is -2.16. The van der Waals surface area contributed by atoms with E-state index in [1.807, 2.05) is 13.0 Å². The molecule has 0 amide bonds. The number of aliphatic hydroxyl groups excluding tert-OH is 2. The number of halogens is 3. The number of rotatable bonds is 9. The van der Waals surface area contributed by atoms with Crippen LogP contribution < -0.4 is 15.5 Å². The molecule has 4 rings (SSSR count). The van der Waals surface area contributed by atoms with Crippen molar-refractivity contribution in [1.82, 2.24) is 19.9 Å². The Bertz CT molecular complexity index is 1110.